The van der Waals surface area contributed by atoms with Gasteiger partial charge in [0.25, 0.3) is 5.24 Å². The van der Waals surface area contributed by atoms with E-state index < -0.39 is 12.0 Å². The normalized spacial score (nSPS) is 11.9. The smallest absolute Gasteiger partial charge is 0.321 e. The summed E-state index contributed by atoms with van der Waals surface area (Å²) in [5.41, 5.74) is 6.25. The molecule has 1 rings (SSSR count). The van der Waals surface area contributed by atoms with Crippen molar-refractivity contribution in [3.8, 4) is 0 Å². The number of rotatable bonds is 5. The number of carboxylic acid groups (broad SMARTS) is 1. The summed E-state index contributed by atoms with van der Waals surface area (Å²) < 4.78 is 1.23. The van der Waals surface area contributed by atoms with E-state index in [1.807, 2.05) is 30.3 Å². The van der Waals surface area contributed by atoms with Gasteiger partial charge in [-0.25, -0.2) is 0 Å². The van der Waals surface area contributed by atoms with Gasteiger partial charge in [0.1, 0.15) is 6.04 Å². The molecular weight excluding hydrogens is 272 g/mol. The maximum Gasteiger partial charge on any atom is 0.321 e. The maximum absolute atomic E-state index is 11.6. The van der Waals surface area contributed by atoms with Crippen LogP contribution in [0.15, 0.2) is 30.3 Å². The van der Waals surface area contributed by atoms with E-state index in [-0.39, 0.29) is 11.0 Å². The molecule has 0 heterocycles. The molecule has 1 atom stereocenters. The third-order valence-corrected chi connectivity index (χ3v) is 3.54. The molecule has 0 bridgehead atoms. The minimum absolute atomic E-state index is 0.0278. The average molecular weight is 286 g/mol. The van der Waals surface area contributed by atoms with Crippen LogP contribution in [0.2, 0.25) is 0 Å². The van der Waals surface area contributed by atoms with E-state index in [4.69, 9.17) is 10.8 Å². The Balaban J connectivity index is 2.40. The molecule has 0 aliphatic carbocycles. The number of thioether (sulfide) groups is 1. The molecule has 1 aromatic carbocycles. The number of carbonyl (C=O) groups is 2. The number of hydrogen-bond donors (Lipinski definition) is 3. The standard InChI is InChI=1S/C11H14N2O3S2/c12-9(10(14)15)7-18-11(16)13(17)6-8-4-2-1-3-5-8/h1-5,9,17H,6-7,12H2,(H,14,15)/t9-/m0/s1. The molecule has 0 unspecified atom stereocenters. The fourth-order valence-electron chi connectivity index (χ4n) is 1.13. The van der Waals surface area contributed by atoms with Crippen LogP contribution in [0.5, 0.6) is 0 Å². The molecule has 3 N–H and O–H groups in total. The van der Waals surface area contributed by atoms with Crippen LogP contribution in [-0.2, 0) is 11.3 Å². The highest BCUT2D eigenvalue weighted by Gasteiger charge is 2.17. The van der Waals surface area contributed by atoms with Crippen LogP contribution >= 0.6 is 24.6 Å². The van der Waals surface area contributed by atoms with Crippen LogP contribution < -0.4 is 5.73 Å². The quantitative estimate of drug-likeness (QED) is 0.716. The van der Waals surface area contributed by atoms with E-state index in [1.54, 1.807) is 0 Å². The van der Waals surface area contributed by atoms with Crippen molar-refractivity contribution in [2.75, 3.05) is 5.75 Å². The largest absolute Gasteiger partial charge is 0.480 e. The van der Waals surface area contributed by atoms with Crippen LogP contribution in [-0.4, -0.2) is 32.4 Å². The first kappa shape index (κ1) is 14.9. The molecule has 7 heteroatoms. The van der Waals surface area contributed by atoms with Gasteiger partial charge in [-0.1, -0.05) is 54.9 Å². The summed E-state index contributed by atoms with van der Waals surface area (Å²) in [4.78, 5) is 22.1. The minimum atomic E-state index is -1.12. The predicted molar refractivity (Wildman–Crippen MR) is 74.4 cm³/mol. The fraction of sp³-hybridized carbons (Fsp3) is 0.273. The van der Waals surface area contributed by atoms with Crippen molar-refractivity contribution in [3.63, 3.8) is 0 Å². The van der Waals surface area contributed by atoms with E-state index >= 15 is 0 Å². The highest BCUT2D eigenvalue weighted by Crippen LogP contribution is 2.15. The van der Waals surface area contributed by atoms with Crippen LogP contribution in [0.3, 0.4) is 0 Å². The number of nitrogens with two attached hydrogens (primary N) is 1. The van der Waals surface area contributed by atoms with Crippen molar-refractivity contribution in [2.45, 2.75) is 12.6 Å². The van der Waals surface area contributed by atoms with E-state index in [1.165, 1.54) is 4.31 Å². The van der Waals surface area contributed by atoms with Crippen LogP contribution in [0.4, 0.5) is 4.79 Å². The monoisotopic (exact) mass is 286 g/mol. The van der Waals surface area contributed by atoms with Crippen molar-refractivity contribution >= 4 is 35.8 Å². The Hall–Kier alpha value is -1.18. The fourth-order valence-corrected chi connectivity index (χ4v) is 2.14. The Bertz CT molecular complexity index is 414. The van der Waals surface area contributed by atoms with Crippen LogP contribution in [0.25, 0.3) is 0 Å². The number of thiol groups is 1. The summed E-state index contributed by atoms with van der Waals surface area (Å²) in [6, 6.07) is 8.34. The molecule has 0 aliphatic heterocycles. The molecule has 0 radical (unpaired) electrons. The lowest BCUT2D eigenvalue weighted by molar-refractivity contribution is -0.137. The van der Waals surface area contributed by atoms with Crippen molar-refractivity contribution in [3.05, 3.63) is 35.9 Å². The molecule has 0 fully saturated rings. The van der Waals surface area contributed by atoms with E-state index in [9.17, 15) is 9.59 Å². The van der Waals surface area contributed by atoms with Gasteiger partial charge in [0, 0.05) is 5.75 Å². The van der Waals surface area contributed by atoms with E-state index in [0.29, 0.717) is 6.54 Å². The molecule has 1 amide bonds. The third-order valence-electron chi connectivity index (χ3n) is 2.09. The summed E-state index contributed by atoms with van der Waals surface area (Å²) in [5, 5.41) is 8.27. The van der Waals surface area contributed by atoms with Crippen molar-refractivity contribution in [1.82, 2.24) is 4.31 Å². The van der Waals surface area contributed by atoms with Crippen LogP contribution in [0, 0.1) is 0 Å². The molecule has 5 nitrogen and oxygen atoms in total. The topological polar surface area (TPSA) is 83.6 Å². The number of amides is 1. The van der Waals surface area contributed by atoms with Gasteiger partial charge in [0.05, 0.1) is 6.54 Å². The lowest BCUT2D eigenvalue weighted by Gasteiger charge is -2.15. The predicted octanol–water partition coefficient (Wildman–Crippen LogP) is 1.60. The van der Waals surface area contributed by atoms with Gasteiger partial charge in [-0.15, -0.1) is 0 Å². The zero-order valence-electron chi connectivity index (χ0n) is 9.52. The molecule has 98 valence electrons. The SMILES string of the molecule is N[C@@H](CSC(=O)N(S)Cc1ccccc1)C(=O)O. The Morgan fingerprint density at radius 1 is 1.39 bits per heavy atom. The summed E-state index contributed by atoms with van der Waals surface area (Å²) in [6.07, 6.45) is 0. The number of carbonyl (C=O) groups excluding carboxylic acids is 1. The second-order valence-electron chi connectivity index (χ2n) is 3.56. The Morgan fingerprint density at radius 3 is 2.56 bits per heavy atom. The lowest BCUT2D eigenvalue weighted by Crippen LogP contribution is -2.33. The molecular formula is C11H14N2O3S2. The molecule has 0 aromatic heterocycles. The zero-order chi connectivity index (χ0) is 13.5. The first-order valence-electron chi connectivity index (χ1n) is 5.16. The first-order chi connectivity index (χ1) is 8.50. The average Bonchev–Trinajstić information content (AvgIpc) is 2.36. The third kappa shape index (κ3) is 4.99. The summed E-state index contributed by atoms with van der Waals surface area (Å²) >= 11 is 4.91. The Morgan fingerprint density at radius 2 is 2.00 bits per heavy atom. The molecule has 0 aliphatic rings. The lowest BCUT2D eigenvalue weighted by atomic mass is 10.2. The van der Waals surface area contributed by atoms with Crippen LogP contribution in [0.1, 0.15) is 5.56 Å². The number of aliphatic carboxylic acids is 1. The molecule has 0 saturated carbocycles. The molecule has 0 saturated heterocycles. The van der Waals surface area contributed by atoms with Crippen molar-refractivity contribution in [2.24, 2.45) is 5.73 Å². The van der Waals surface area contributed by atoms with Gasteiger partial charge < -0.3 is 10.8 Å². The van der Waals surface area contributed by atoms with Crippen molar-refractivity contribution in [1.29, 1.82) is 0 Å². The maximum atomic E-state index is 11.6. The second kappa shape index (κ2) is 7.30. The number of benzene rings is 1. The summed E-state index contributed by atoms with van der Waals surface area (Å²) in [5.74, 6) is -1.09. The summed E-state index contributed by atoms with van der Waals surface area (Å²) in [6.45, 7) is 0.359. The molecule has 0 spiro atoms. The number of hydrogen-bond acceptors (Lipinski definition) is 5. The molecule has 18 heavy (non-hydrogen) atoms. The van der Waals surface area contributed by atoms with Gasteiger partial charge >= 0.3 is 5.97 Å². The Kier molecular flexibility index (Phi) is 6.03. The number of nitrogens with zero attached hydrogens (tertiary/aromatic N) is 1. The molecule has 1 aromatic rings. The van der Waals surface area contributed by atoms with Gasteiger partial charge in [-0.3, -0.25) is 13.9 Å². The highest BCUT2D eigenvalue weighted by molar-refractivity contribution is 8.14. The minimum Gasteiger partial charge on any atom is -0.480 e. The van der Waals surface area contributed by atoms with Gasteiger partial charge in [0.15, 0.2) is 0 Å². The van der Waals surface area contributed by atoms with Gasteiger partial charge in [-0.2, -0.15) is 0 Å². The van der Waals surface area contributed by atoms with Gasteiger partial charge in [0.2, 0.25) is 0 Å². The Labute approximate surface area is 115 Å². The van der Waals surface area contributed by atoms with E-state index in [2.05, 4.69) is 12.8 Å². The van der Waals surface area contributed by atoms with Gasteiger partial charge in [-0.05, 0) is 5.56 Å². The first-order valence-corrected chi connectivity index (χ1v) is 6.54. The highest BCUT2D eigenvalue weighted by atomic mass is 32.2. The summed E-state index contributed by atoms with van der Waals surface area (Å²) in [7, 11) is 0. The van der Waals surface area contributed by atoms with E-state index in [0.717, 1.165) is 17.3 Å². The zero-order valence-corrected chi connectivity index (χ0v) is 11.2. The number of carboxylic acids is 1. The van der Waals surface area contributed by atoms with Crippen molar-refractivity contribution < 1.29 is 14.7 Å². The second-order valence-corrected chi connectivity index (χ2v) is 5.02.